The zero-order valence-electron chi connectivity index (χ0n) is 9.99. The molecule has 1 saturated heterocycles. The van der Waals surface area contributed by atoms with Gasteiger partial charge in [-0.15, -0.1) is 0 Å². The van der Waals surface area contributed by atoms with E-state index in [1.807, 2.05) is 18.2 Å². The van der Waals surface area contributed by atoms with Crippen molar-refractivity contribution in [1.29, 1.82) is 0 Å². The monoisotopic (exact) mass is 245 g/mol. The maximum absolute atomic E-state index is 5.70. The van der Waals surface area contributed by atoms with Crippen LogP contribution in [0.1, 0.15) is 24.8 Å². The van der Waals surface area contributed by atoms with Gasteiger partial charge in [0.05, 0.1) is 6.04 Å². The molecule has 0 radical (unpaired) electrons. The van der Waals surface area contributed by atoms with Gasteiger partial charge in [-0.05, 0) is 25.0 Å². The third-order valence-electron chi connectivity index (χ3n) is 3.22. The molecule has 2 N–H and O–H groups in total. The van der Waals surface area contributed by atoms with Crippen molar-refractivity contribution in [2.24, 2.45) is 5.73 Å². The first kappa shape index (κ1) is 11.3. The van der Waals surface area contributed by atoms with E-state index in [0.717, 1.165) is 25.1 Å². The van der Waals surface area contributed by atoms with Crippen LogP contribution in [0, 0.1) is 0 Å². The molecule has 0 aliphatic carbocycles. The van der Waals surface area contributed by atoms with Gasteiger partial charge in [0.25, 0.3) is 0 Å². The van der Waals surface area contributed by atoms with Gasteiger partial charge >= 0.3 is 0 Å². The van der Waals surface area contributed by atoms with E-state index in [4.69, 9.17) is 10.3 Å². The van der Waals surface area contributed by atoms with Gasteiger partial charge < -0.3 is 10.3 Å². The standard InChI is InChI=1S/C12H15N5O/c13-8-17-7-3-5-10(17)12-15-11(16-18-12)9-4-1-2-6-14-9/h1-2,4,6,10H,3,5,7-8,13H2/t10-/m0/s1. The van der Waals surface area contributed by atoms with Crippen LogP contribution in [0.25, 0.3) is 11.5 Å². The fraction of sp³-hybridized carbons (Fsp3) is 0.417. The highest BCUT2D eigenvalue weighted by Crippen LogP contribution is 2.30. The third-order valence-corrected chi connectivity index (χ3v) is 3.22. The molecule has 0 amide bonds. The van der Waals surface area contributed by atoms with E-state index in [1.165, 1.54) is 0 Å². The molecule has 6 nitrogen and oxygen atoms in total. The first-order valence-corrected chi connectivity index (χ1v) is 6.07. The van der Waals surface area contributed by atoms with E-state index in [9.17, 15) is 0 Å². The van der Waals surface area contributed by atoms with Crippen LogP contribution in [0.5, 0.6) is 0 Å². The Morgan fingerprint density at radius 2 is 2.39 bits per heavy atom. The van der Waals surface area contributed by atoms with Crippen LogP contribution < -0.4 is 5.73 Å². The average molecular weight is 245 g/mol. The zero-order chi connectivity index (χ0) is 12.4. The summed E-state index contributed by atoms with van der Waals surface area (Å²) < 4.78 is 5.34. The highest BCUT2D eigenvalue weighted by molar-refractivity contribution is 5.47. The summed E-state index contributed by atoms with van der Waals surface area (Å²) in [5, 5.41) is 3.98. The second-order valence-corrected chi connectivity index (χ2v) is 4.32. The van der Waals surface area contributed by atoms with E-state index in [-0.39, 0.29) is 6.04 Å². The van der Waals surface area contributed by atoms with Crippen molar-refractivity contribution < 1.29 is 4.52 Å². The SMILES string of the molecule is NCN1CCC[C@H]1c1nc(-c2ccccn2)no1. The Bertz CT molecular complexity index is 512. The van der Waals surface area contributed by atoms with Crippen LogP contribution in [-0.2, 0) is 0 Å². The molecule has 3 rings (SSSR count). The van der Waals surface area contributed by atoms with Gasteiger partial charge in [-0.25, -0.2) is 0 Å². The van der Waals surface area contributed by atoms with E-state index in [0.29, 0.717) is 18.4 Å². The van der Waals surface area contributed by atoms with Crippen molar-refractivity contribution in [3.63, 3.8) is 0 Å². The van der Waals surface area contributed by atoms with Gasteiger partial charge in [-0.3, -0.25) is 9.88 Å². The quantitative estimate of drug-likeness (QED) is 0.874. The van der Waals surface area contributed by atoms with Crippen LogP contribution in [0.4, 0.5) is 0 Å². The predicted octanol–water partition coefficient (Wildman–Crippen LogP) is 1.18. The Morgan fingerprint density at radius 1 is 1.44 bits per heavy atom. The number of pyridine rings is 1. The van der Waals surface area contributed by atoms with Gasteiger partial charge in [0.1, 0.15) is 5.69 Å². The third kappa shape index (κ3) is 2.00. The molecule has 0 bridgehead atoms. The molecular weight excluding hydrogens is 230 g/mol. The minimum atomic E-state index is 0.153. The van der Waals surface area contributed by atoms with Crippen LogP contribution in [0.2, 0.25) is 0 Å². The van der Waals surface area contributed by atoms with E-state index >= 15 is 0 Å². The Morgan fingerprint density at radius 3 is 3.17 bits per heavy atom. The zero-order valence-corrected chi connectivity index (χ0v) is 9.99. The second-order valence-electron chi connectivity index (χ2n) is 4.32. The number of rotatable bonds is 3. The van der Waals surface area contributed by atoms with Crippen LogP contribution in [0.3, 0.4) is 0 Å². The normalized spacial score (nSPS) is 20.4. The number of hydrogen-bond donors (Lipinski definition) is 1. The van der Waals surface area contributed by atoms with Crippen molar-refractivity contribution >= 4 is 0 Å². The lowest BCUT2D eigenvalue weighted by atomic mass is 10.2. The molecule has 3 heterocycles. The van der Waals surface area contributed by atoms with Crippen molar-refractivity contribution in [2.45, 2.75) is 18.9 Å². The summed E-state index contributed by atoms with van der Waals surface area (Å²) in [5.74, 6) is 1.17. The predicted molar refractivity (Wildman–Crippen MR) is 65.3 cm³/mol. The number of nitrogens with two attached hydrogens (primary N) is 1. The first-order chi connectivity index (χ1) is 8.88. The van der Waals surface area contributed by atoms with Gasteiger partial charge in [0.15, 0.2) is 0 Å². The summed E-state index contributed by atoms with van der Waals surface area (Å²) >= 11 is 0. The van der Waals surface area contributed by atoms with Gasteiger partial charge in [0.2, 0.25) is 11.7 Å². The molecule has 1 fully saturated rings. The highest BCUT2D eigenvalue weighted by Gasteiger charge is 2.29. The van der Waals surface area contributed by atoms with Gasteiger partial charge in [-0.2, -0.15) is 4.98 Å². The number of nitrogens with zero attached hydrogens (tertiary/aromatic N) is 4. The van der Waals surface area contributed by atoms with Gasteiger partial charge in [0, 0.05) is 19.4 Å². The smallest absolute Gasteiger partial charge is 0.244 e. The minimum absolute atomic E-state index is 0.153. The second kappa shape index (κ2) is 4.83. The van der Waals surface area contributed by atoms with Crippen molar-refractivity contribution in [3.8, 4) is 11.5 Å². The summed E-state index contributed by atoms with van der Waals surface area (Å²) in [6.07, 6.45) is 3.84. The minimum Gasteiger partial charge on any atom is -0.337 e. The largest absolute Gasteiger partial charge is 0.337 e. The molecule has 18 heavy (non-hydrogen) atoms. The lowest BCUT2D eigenvalue weighted by molar-refractivity contribution is 0.213. The van der Waals surface area contributed by atoms with Crippen molar-refractivity contribution in [1.82, 2.24) is 20.0 Å². The van der Waals surface area contributed by atoms with Crippen molar-refractivity contribution in [2.75, 3.05) is 13.2 Å². The van der Waals surface area contributed by atoms with Gasteiger partial charge in [-0.1, -0.05) is 11.2 Å². The summed E-state index contributed by atoms with van der Waals surface area (Å²) in [5.41, 5.74) is 6.43. The lowest BCUT2D eigenvalue weighted by Crippen LogP contribution is -2.29. The number of aromatic nitrogens is 3. The number of hydrogen-bond acceptors (Lipinski definition) is 6. The van der Waals surface area contributed by atoms with Crippen LogP contribution >= 0.6 is 0 Å². The molecule has 94 valence electrons. The van der Waals surface area contributed by atoms with E-state index in [2.05, 4.69) is 20.0 Å². The fourth-order valence-electron chi connectivity index (χ4n) is 2.29. The highest BCUT2D eigenvalue weighted by atomic mass is 16.5. The Labute approximate surface area is 105 Å². The lowest BCUT2D eigenvalue weighted by Gasteiger charge is -2.18. The molecular formula is C12H15N5O. The van der Waals surface area contributed by atoms with Crippen LogP contribution in [-0.4, -0.2) is 33.2 Å². The maximum Gasteiger partial charge on any atom is 0.244 e. The summed E-state index contributed by atoms with van der Waals surface area (Å²) in [6, 6.07) is 5.78. The Hall–Kier alpha value is -1.79. The maximum atomic E-state index is 5.70. The van der Waals surface area contributed by atoms with E-state index in [1.54, 1.807) is 6.20 Å². The summed E-state index contributed by atoms with van der Waals surface area (Å²) in [4.78, 5) is 10.8. The fourth-order valence-corrected chi connectivity index (χ4v) is 2.29. The Kier molecular flexibility index (Phi) is 3.04. The summed E-state index contributed by atoms with van der Waals surface area (Å²) in [7, 11) is 0. The van der Waals surface area contributed by atoms with Crippen molar-refractivity contribution in [3.05, 3.63) is 30.3 Å². The molecule has 0 saturated carbocycles. The summed E-state index contributed by atoms with van der Waals surface area (Å²) in [6.45, 7) is 1.51. The van der Waals surface area contributed by atoms with E-state index < -0.39 is 0 Å². The first-order valence-electron chi connectivity index (χ1n) is 6.07. The molecule has 1 aliphatic heterocycles. The molecule has 0 unspecified atom stereocenters. The number of likely N-dealkylation sites (tertiary alicyclic amines) is 1. The van der Waals surface area contributed by atoms with Crippen LogP contribution in [0.15, 0.2) is 28.9 Å². The molecule has 0 aromatic carbocycles. The topological polar surface area (TPSA) is 81.1 Å². The average Bonchev–Trinajstić information content (AvgIpc) is 3.08. The molecule has 2 aromatic heterocycles. The molecule has 1 atom stereocenters. The molecule has 1 aliphatic rings. The molecule has 0 spiro atoms. The molecule has 2 aromatic rings. The Balaban J connectivity index is 1.86. The molecule has 6 heteroatoms.